The molecule has 4 nitrogen and oxygen atoms in total. The van der Waals surface area contributed by atoms with Crippen LogP contribution in [0.2, 0.25) is 0 Å². The zero-order valence-corrected chi connectivity index (χ0v) is 11.0. The predicted molar refractivity (Wildman–Crippen MR) is 73.2 cm³/mol. The fourth-order valence-electron chi connectivity index (χ4n) is 3.25. The van der Waals surface area contributed by atoms with Crippen molar-refractivity contribution in [2.75, 3.05) is 13.1 Å². The molecular formula is C15H20N2O2. The van der Waals surface area contributed by atoms with Crippen molar-refractivity contribution in [1.29, 1.82) is 0 Å². The van der Waals surface area contributed by atoms with Crippen molar-refractivity contribution in [2.45, 2.75) is 37.3 Å². The van der Waals surface area contributed by atoms with E-state index < -0.39 is 5.97 Å². The molecule has 1 aromatic carbocycles. The number of carboxylic acids is 1. The van der Waals surface area contributed by atoms with Gasteiger partial charge in [0.2, 0.25) is 0 Å². The standard InChI is InChI=1S/C15H20N2O2/c18-14(19)8-15(9-16-10-15)17-13-6-5-11-3-1-2-4-12(11)7-13/h1-4,13,16-17H,5-10H2,(H,18,19). The molecule has 19 heavy (non-hydrogen) atoms. The van der Waals surface area contributed by atoms with E-state index in [-0.39, 0.29) is 12.0 Å². The lowest BCUT2D eigenvalue weighted by Gasteiger charge is -2.45. The Hall–Kier alpha value is -1.39. The summed E-state index contributed by atoms with van der Waals surface area (Å²) >= 11 is 0. The Bertz CT molecular complexity index is 483. The molecule has 1 unspecified atom stereocenters. The van der Waals surface area contributed by atoms with Crippen LogP contribution < -0.4 is 10.6 Å². The van der Waals surface area contributed by atoms with E-state index in [2.05, 4.69) is 34.9 Å². The van der Waals surface area contributed by atoms with Crippen molar-refractivity contribution in [2.24, 2.45) is 0 Å². The van der Waals surface area contributed by atoms with E-state index >= 15 is 0 Å². The maximum Gasteiger partial charge on any atom is 0.305 e. The van der Waals surface area contributed by atoms with Crippen LogP contribution in [0.25, 0.3) is 0 Å². The Morgan fingerprint density at radius 3 is 2.74 bits per heavy atom. The number of fused-ring (bicyclic) bond motifs is 1. The van der Waals surface area contributed by atoms with Gasteiger partial charge in [-0.15, -0.1) is 0 Å². The molecule has 0 saturated carbocycles. The summed E-state index contributed by atoms with van der Waals surface area (Å²) < 4.78 is 0. The predicted octanol–water partition coefficient (Wildman–Crippen LogP) is 0.950. The first-order valence-corrected chi connectivity index (χ1v) is 6.94. The lowest BCUT2D eigenvalue weighted by molar-refractivity contribution is -0.139. The molecule has 1 heterocycles. The largest absolute Gasteiger partial charge is 0.481 e. The number of rotatable bonds is 4. The molecule has 1 saturated heterocycles. The Labute approximate surface area is 113 Å². The lowest BCUT2D eigenvalue weighted by atomic mass is 9.83. The summed E-state index contributed by atoms with van der Waals surface area (Å²) in [6.45, 7) is 1.52. The second-order valence-corrected chi connectivity index (χ2v) is 5.81. The molecule has 1 aromatic rings. The fraction of sp³-hybridized carbons (Fsp3) is 0.533. The van der Waals surface area contributed by atoms with Gasteiger partial charge in [0.1, 0.15) is 0 Å². The Morgan fingerprint density at radius 1 is 1.37 bits per heavy atom. The third-order valence-corrected chi connectivity index (χ3v) is 4.27. The minimum Gasteiger partial charge on any atom is -0.481 e. The first-order chi connectivity index (χ1) is 9.17. The van der Waals surface area contributed by atoms with E-state index in [1.165, 1.54) is 11.1 Å². The highest BCUT2D eigenvalue weighted by Crippen LogP contribution is 2.25. The van der Waals surface area contributed by atoms with Crippen LogP contribution >= 0.6 is 0 Å². The molecule has 2 aliphatic rings. The highest BCUT2D eigenvalue weighted by Gasteiger charge is 2.40. The molecule has 1 fully saturated rings. The van der Waals surface area contributed by atoms with E-state index in [0.29, 0.717) is 6.04 Å². The van der Waals surface area contributed by atoms with Crippen molar-refractivity contribution in [1.82, 2.24) is 10.6 Å². The highest BCUT2D eigenvalue weighted by molar-refractivity contribution is 5.68. The van der Waals surface area contributed by atoms with Gasteiger partial charge in [-0.2, -0.15) is 0 Å². The monoisotopic (exact) mass is 260 g/mol. The zero-order chi connectivity index (χ0) is 13.3. The molecule has 0 bridgehead atoms. The van der Waals surface area contributed by atoms with Gasteiger partial charge >= 0.3 is 5.97 Å². The van der Waals surface area contributed by atoms with Crippen LogP contribution in [-0.4, -0.2) is 35.7 Å². The SMILES string of the molecule is O=C(O)CC1(NC2CCc3ccccc3C2)CNC1. The molecule has 1 atom stereocenters. The maximum absolute atomic E-state index is 11.0. The van der Waals surface area contributed by atoms with Crippen LogP contribution in [0.15, 0.2) is 24.3 Å². The summed E-state index contributed by atoms with van der Waals surface area (Å²) in [5, 5.41) is 15.8. The Kier molecular flexibility index (Phi) is 3.29. The van der Waals surface area contributed by atoms with Gasteiger partial charge in [-0.1, -0.05) is 24.3 Å². The Balaban J connectivity index is 1.67. The van der Waals surface area contributed by atoms with Gasteiger partial charge in [0.25, 0.3) is 0 Å². The highest BCUT2D eigenvalue weighted by atomic mass is 16.4. The number of hydrogen-bond donors (Lipinski definition) is 3. The summed E-state index contributed by atoms with van der Waals surface area (Å²) in [6.07, 6.45) is 3.40. The number of benzene rings is 1. The van der Waals surface area contributed by atoms with Crippen LogP contribution in [0.4, 0.5) is 0 Å². The third kappa shape index (κ3) is 2.65. The van der Waals surface area contributed by atoms with Crippen molar-refractivity contribution in [3.05, 3.63) is 35.4 Å². The van der Waals surface area contributed by atoms with E-state index in [0.717, 1.165) is 32.4 Å². The fourth-order valence-corrected chi connectivity index (χ4v) is 3.25. The van der Waals surface area contributed by atoms with E-state index in [9.17, 15) is 4.79 Å². The van der Waals surface area contributed by atoms with Crippen molar-refractivity contribution in [3.8, 4) is 0 Å². The second kappa shape index (κ2) is 4.94. The lowest BCUT2D eigenvalue weighted by Crippen LogP contribution is -2.70. The van der Waals surface area contributed by atoms with Crippen molar-refractivity contribution < 1.29 is 9.90 Å². The van der Waals surface area contributed by atoms with Gasteiger partial charge in [-0.25, -0.2) is 0 Å². The number of aryl methyl sites for hydroxylation is 1. The molecule has 0 radical (unpaired) electrons. The second-order valence-electron chi connectivity index (χ2n) is 5.81. The quantitative estimate of drug-likeness (QED) is 0.754. The van der Waals surface area contributed by atoms with E-state index in [4.69, 9.17) is 5.11 Å². The smallest absolute Gasteiger partial charge is 0.305 e. The molecule has 0 spiro atoms. The number of aliphatic carboxylic acids is 1. The number of carbonyl (C=O) groups is 1. The molecule has 0 amide bonds. The van der Waals surface area contributed by atoms with E-state index in [1.807, 2.05) is 0 Å². The normalized spacial score (nSPS) is 24.3. The van der Waals surface area contributed by atoms with Gasteiger partial charge in [0.05, 0.1) is 12.0 Å². The van der Waals surface area contributed by atoms with Gasteiger partial charge in [-0.3, -0.25) is 4.79 Å². The zero-order valence-electron chi connectivity index (χ0n) is 11.0. The van der Waals surface area contributed by atoms with Crippen LogP contribution in [0, 0.1) is 0 Å². The molecular weight excluding hydrogens is 240 g/mol. The summed E-state index contributed by atoms with van der Waals surface area (Å²) in [6, 6.07) is 8.96. The topological polar surface area (TPSA) is 61.4 Å². The molecule has 0 aromatic heterocycles. The number of nitrogens with one attached hydrogen (secondary N) is 2. The summed E-state index contributed by atoms with van der Waals surface area (Å²) in [5.74, 6) is -0.717. The average molecular weight is 260 g/mol. The van der Waals surface area contributed by atoms with Gasteiger partial charge in [0.15, 0.2) is 0 Å². The van der Waals surface area contributed by atoms with Crippen LogP contribution in [-0.2, 0) is 17.6 Å². The van der Waals surface area contributed by atoms with Crippen LogP contribution in [0.1, 0.15) is 24.0 Å². The molecule has 3 N–H and O–H groups in total. The summed E-state index contributed by atoms with van der Waals surface area (Å²) in [5.41, 5.74) is 2.62. The van der Waals surface area contributed by atoms with Crippen molar-refractivity contribution in [3.63, 3.8) is 0 Å². The minimum absolute atomic E-state index is 0.206. The van der Waals surface area contributed by atoms with Gasteiger partial charge < -0.3 is 15.7 Å². The summed E-state index contributed by atoms with van der Waals surface area (Å²) in [7, 11) is 0. The maximum atomic E-state index is 11.0. The molecule has 3 rings (SSSR count). The molecule has 102 valence electrons. The van der Waals surface area contributed by atoms with Crippen LogP contribution in [0.3, 0.4) is 0 Å². The molecule has 1 aliphatic heterocycles. The molecule has 4 heteroatoms. The van der Waals surface area contributed by atoms with E-state index in [1.54, 1.807) is 0 Å². The van der Waals surface area contributed by atoms with Crippen molar-refractivity contribution >= 4 is 5.97 Å². The first kappa shape index (κ1) is 12.6. The minimum atomic E-state index is -0.717. The number of hydrogen-bond acceptors (Lipinski definition) is 3. The number of carboxylic acid groups (broad SMARTS) is 1. The Morgan fingerprint density at radius 2 is 2.11 bits per heavy atom. The molecule has 1 aliphatic carbocycles. The average Bonchev–Trinajstić information content (AvgIpc) is 2.35. The third-order valence-electron chi connectivity index (χ3n) is 4.27. The first-order valence-electron chi connectivity index (χ1n) is 6.94. The van der Waals surface area contributed by atoms with Gasteiger partial charge in [0, 0.05) is 19.1 Å². The van der Waals surface area contributed by atoms with Crippen LogP contribution in [0.5, 0.6) is 0 Å². The summed E-state index contributed by atoms with van der Waals surface area (Å²) in [4.78, 5) is 11.0. The van der Waals surface area contributed by atoms with Gasteiger partial charge in [-0.05, 0) is 30.4 Å².